The van der Waals surface area contributed by atoms with Crippen molar-refractivity contribution in [3.8, 4) is 0 Å². The van der Waals surface area contributed by atoms with Crippen molar-refractivity contribution in [3.05, 3.63) is 12.0 Å². The third kappa shape index (κ3) is 4.67. The maximum absolute atomic E-state index is 13.1. The van der Waals surface area contributed by atoms with Gasteiger partial charge < -0.3 is 14.4 Å². The first-order valence-electron chi connectivity index (χ1n) is 9.76. The van der Waals surface area contributed by atoms with E-state index < -0.39 is 12.1 Å². The molecule has 0 spiro atoms. The van der Waals surface area contributed by atoms with Crippen molar-refractivity contribution in [2.24, 2.45) is 17.8 Å². The molecule has 2 saturated carbocycles. The summed E-state index contributed by atoms with van der Waals surface area (Å²) in [6.45, 7) is 1.09. The molecule has 0 aromatic carbocycles. The molecular weight excluding hydrogens is 373 g/mol. The SMILES string of the molecule is CN(CC1CCC(C(F)(F)F)CC1)C(=O)c1c(N(C)C=O)ncn1CC1CC1. The van der Waals surface area contributed by atoms with Crippen molar-refractivity contribution in [2.45, 2.75) is 51.2 Å². The van der Waals surface area contributed by atoms with Gasteiger partial charge in [0.05, 0.1) is 12.2 Å². The maximum Gasteiger partial charge on any atom is 0.391 e. The second-order valence-electron chi connectivity index (χ2n) is 8.17. The van der Waals surface area contributed by atoms with Crippen molar-refractivity contribution in [2.75, 3.05) is 25.5 Å². The van der Waals surface area contributed by atoms with Gasteiger partial charge in [-0.2, -0.15) is 13.2 Å². The first-order chi connectivity index (χ1) is 13.2. The molecule has 2 aliphatic carbocycles. The highest BCUT2D eigenvalue weighted by atomic mass is 19.4. The van der Waals surface area contributed by atoms with Crippen molar-refractivity contribution < 1.29 is 22.8 Å². The van der Waals surface area contributed by atoms with Gasteiger partial charge in [-0.15, -0.1) is 0 Å². The summed E-state index contributed by atoms with van der Waals surface area (Å²) in [5.41, 5.74) is 0.368. The minimum Gasteiger partial charge on any atom is -0.340 e. The Kier molecular flexibility index (Phi) is 6.00. The van der Waals surface area contributed by atoms with Gasteiger partial charge in [-0.25, -0.2) is 4.98 Å². The van der Waals surface area contributed by atoms with Crippen LogP contribution in [0.1, 0.15) is 49.0 Å². The van der Waals surface area contributed by atoms with Crippen LogP contribution >= 0.6 is 0 Å². The summed E-state index contributed by atoms with van der Waals surface area (Å²) in [7, 11) is 3.21. The second kappa shape index (κ2) is 8.13. The van der Waals surface area contributed by atoms with Crippen LogP contribution in [0, 0.1) is 17.8 Å². The molecule has 2 amide bonds. The van der Waals surface area contributed by atoms with Crippen LogP contribution < -0.4 is 4.90 Å². The maximum atomic E-state index is 13.1. The molecule has 0 radical (unpaired) electrons. The predicted molar refractivity (Wildman–Crippen MR) is 97.9 cm³/mol. The number of amides is 2. The van der Waals surface area contributed by atoms with Gasteiger partial charge in [-0.05, 0) is 50.4 Å². The first kappa shape index (κ1) is 20.7. The topological polar surface area (TPSA) is 58.4 Å². The van der Waals surface area contributed by atoms with Gasteiger partial charge >= 0.3 is 6.18 Å². The molecule has 2 fully saturated rings. The van der Waals surface area contributed by atoms with Crippen LogP contribution in [0.3, 0.4) is 0 Å². The molecule has 156 valence electrons. The van der Waals surface area contributed by atoms with Crippen LogP contribution in [0.2, 0.25) is 0 Å². The molecule has 2 aliphatic rings. The van der Waals surface area contributed by atoms with Crippen molar-refractivity contribution in [3.63, 3.8) is 0 Å². The lowest BCUT2D eigenvalue weighted by atomic mass is 9.81. The normalized spacial score (nSPS) is 22.8. The zero-order valence-corrected chi connectivity index (χ0v) is 16.3. The van der Waals surface area contributed by atoms with Gasteiger partial charge in [0, 0.05) is 27.2 Å². The Morgan fingerprint density at radius 1 is 1.18 bits per heavy atom. The molecule has 9 heteroatoms. The highest BCUT2D eigenvalue weighted by molar-refractivity contribution is 5.99. The third-order valence-corrected chi connectivity index (χ3v) is 5.85. The van der Waals surface area contributed by atoms with E-state index in [0.29, 0.717) is 49.8 Å². The number of hydrogen-bond donors (Lipinski definition) is 0. The lowest BCUT2D eigenvalue weighted by molar-refractivity contribution is -0.184. The monoisotopic (exact) mass is 400 g/mol. The van der Waals surface area contributed by atoms with Gasteiger partial charge in [-0.1, -0.05) is 0 Å². The number of anilines is 1. The van der Waals surface area contributed by atoms with E-state index >= 15 is 0 Å². The second-order valence-corrected chi connectivity index (χ2v) is 8.17. The molecule has 6 nitrogen and oxygen atoms in total. The summed E-state index contributed by atoms with van der Waals surface area (Å²) in [6, 6.07) is 0. The fourth-order valence-electron chi connectivity index (χ4n) is 3.94. The highest BCUT2D eigenvalue weighted by Gasteiger charge is 2.41. The molecule has 0 N–H and O–H groups in total. The Morgan fingerprint density at radius 2 is 1.79 bits per heavy atom. The number of hydrogen-bond acceptors (Lipinski definition) is 3. The standard InChI is InChI=1S/C19H27F3N4O2/c1-24(9-13-5-7-15(8-6-13)19(20,21)22)18(28)16-17(25(2)12-27)23-11-26(16)10-14-3-4-14/h11-15H,3-10H2,1-2H3. The van der Waals surface area contributed by atoms with E-state index in [1.165, 1.54) is 4.90 Å². The number of carbonyl (C=O) groups excluding carboxylic acids is 2. The number of halogens is 3. The third-order valence-electron chi connectivity index (χ3n) is 5.85. The Balaban J connectivity index is 1.67. The number of rotatable bonds is 7. The minimum atomic E-state index is -4.13. The quantitative estimate of drug-likeness (QED) is 0.660. The molecule has 28 heavy (non-hydrogen) atoms. The molecular formula is C19H27F3N4O2. The number of nitrogens with zero attached hydrogens (tertiary/aromatic N) is 4. The molecule has 3 rings (SSSR count). The van der Waals surface area contributed by atoms with E-state index in [-0.39, 0.29) is 24.7 Å². The average molecular weight is 400 g/mol. The van der Waals surface area contributed by atoms with E-state index in [0.717, 1.165) is 12.8 Å². The molecule has 1 heterocycles. The minimum absolute atomic E-state index is 0.0552. The highest BCUT2D eigenvalue weighted by Crippen LogP contribution is 2.39. The lowest BCUT2D eigenvalue weighted by Gasteiger charge is -2.32. The summed E-state index contributed by atoms with van der Waals surface area (Å²) in [5.74, 6) is -0.580. The van der Waals surface area contributed by atoms with E-state index in [2.05, 4.69) is 4.98 Å². The average Bonchev–Trinajstić information content (AvgIpc) is 3.37. The Bertz CT molecular complexity index is 707. The van der Waals surface area contributed by atoms with Crippen molar-refractivity contribution in [1.82, 2.24) is 14.5 Å². The number of carbonyl (C=O) groups is 2. The number of imidazole rings is 1. The van der Waals surface area contributed by atoms with Crippen molar-refractivity contribution in [1.29, 1.82) is 0 Å². The zero-order chi connectivity index (χ0) is 20.5. The van der Waals surface area contributed by atoms with Gasteiger partial charge in [0.2, 0.25) is 6.41 Å². The van der Waals surface area contributed by atoms with E-state index in [1.807, 2.05) is 0 Å². The molecule has 1 aromatic rings. The van der Waals surface area contributed by atoms with Crippen LogP contribution in [-0.2, 0) is 11.3 Å². The first-order valence-corrected chi connectivity index (χ1v) is 9.76. The molecule has 0 atom stereocenters. The molecule has 0 aliphatic heterocycles. The van der Waals surface area contributed by atoms with Gasteiger partial charge in [0.1, 0.15) is 0 Å². The zero-order valence-electron chi connectivity index (χ0n) is 16.3. The lowest BCUT2D eigenvalue weighted by Crippen LogP contribution is -2.37. The van der Waals surface area contributed by atoms with E-state index in [1.54, 1.807) is 29.9 Å². The van der Waals surface area contributed by atoms with Crippen LogP contribution in [0.4, 0.5) is 19.0 Å². The molecule has 0 saturated heterocycles. The summed E-state index contributed by atoms with van der Waals surface area (Å²) in [4.78, 5) is 31.4. The van der Waals surface area contributed by atoms with Gasteiger partial charge in [0.25, 0.3) is 5.91 Å². The van der Waals surface area contributed by atoms with Crippen LogP contribution in [0.15, 0.2) is 6.33 Å². The fourth-order valence-corrected chi connectivity index (χ4v) is 3.94. The Morgan fingerprint density at radius 3 is 2.32 bits per heavy atom. The fraction of sp³-hybridized carbons (Fsp3) is 0.737. The Labute approximate surface area is 162 Å². The molecule has 1 aromatic heterocycles. The van der Waals surface area contributed by atoms with Gasteiger partial charge in [0.15, 0.2) is 11.5 Å². The summed E-state index contributed by atoms with van der Waals surface area (Å²) >= 11 is 0. The van der Waals surface area contributed by atoms with Gasteiger partial charge in [-0.3, -0.25) is 9.59 Å². The number of alkyl halides is 3. The van der Waals surface area contributed by atoms with Crippen LogP contribution in [-0.4, -0.2) is 53.6 Å². The summed E-state index contributed by atoms with van der Waals surface area (Å²) < 4.78 is 40.3. The summed E-state index contributed by atoms with van der Waals surface area (Å²) in [5, 5.41) is 0. The largest absolute Gasteiger partial charge is 0.391 e. The number of aromatic nitrogens is 2. The smallest absolute Gasteiger partial charge is 0.340 e. The Hall–Kier alpha value is -2.06. The summed E-state index contributed by atoms with van der Waals surface area (Å²) in [6.07, 6.45) is 1.46. The van der Waals surface area contributed by atoms with E-state index in [9.17, 15) is 22.8 Å². The molecule has 0 unspecified atom stereocenters. The van der Waals surface area contributed by atoms with E-state index in [4.69, 9.17) is 0 Å². The predicted octanol–water partition coefficient (Wildman–Crippen LogP) is 3.33. The van der Waals surface area contributed by atoms with Crippen molar-refractivity contribution >= 4 is 18.1 Å². The van der Waals surface area contributed by atoms with Crippen LogP contribution in [0.5, 0.6) is 0 Å². The van der Waals surface area contributed by atoms with Crippen LogP contribution in [0.25, 0.3) is 0 Å². The molecule has 0 bridgehead atoms.